The first-order valence-corrected chi connectivity index (χ1v) is 11.4. The molecule has 5 rings (SSSR count). The number of benzene rings is 1. The number of nitrogens with two attached hydrogens (primary N) is 1. The van der Waals surface area contributed by atoms with Crippen molar-refractivity contribution >= 4 is 12.0 Å². The summed E-state index contributed by atoms with van der Waals surface area (Å²) in [6, 6.07) is 10.7. The standard InChI is InChI=1S/C26H29FN2O2/c1-15-25-22(23-13-20(28)7-5-17(23)12-24(25)26(30)31-15)10-9-21-8-6-18(14-29-21)16-3-2-4-19(27)11-16/h2-4,6,8-11,14-15,17,20,22-25H,5,7,12-13,28H2,1H3/t15-,17+,20+,22+,23-,24-,25+/m1/s1. The van der Waals surface area contributed by atoms with Crippen LogP contribution in [0.15, 0.2) is 48.7 Å². The molecular formula is C26H29FN2O2. The van der Waals surface area contributed by atoms with Crippen LogP contribution in [0.4, 0.5) is 4.39 Å². The van der Waals surface area contributed by atoms with Crippen LogP contribution in [-0.2, 0) is 9.53 Å². The number of pyridine rings is 1. The third-order valence-electron chi connectivity index (χ3n) is 7.63. The molecule has 3 fully saturated rings. The number of rotatable bonds is 3. The molecule has 0 unspecified atom stereocenters. The second-order valence-electron chi connectivity index (χ2n) is 9.48. The number of carbonyl (C=O) groups excluding carboxylic acids is 1. The Kier molecular flexibility index (Phi) is 5.39. The fourth-order valence-corrected chi connectivity index (χ4v) is 6.17. The molecule has 0 amide bonds. The highest BCUT2D eigenvalue weighted by molar-refractivity contribution is 5.75. The van der Waals surface area contributed by atoms with Crippen molar-refractivity contribution in [2.24, 2.45) is 35.3 Å². The Morgan fingerprint density at radius 3 is 2.81 bits per heavy atom. The van der Waals surface area contributed by atoms with Gasteiger partial charge in [-0.25, -0.2) is 4.39 Å². The highest BCUT2D eigenvalue weighted by atomic mass is 19.1. The molecule has 1 aromatic carbocycles. The van der Waals surface area contributed by atoms with Crippen molar-refractivity contribution in [2.45, 2.75) is 44.8 Å². The Labute approximate surface area is 182 Å². The number of carbonyl (C=O) groups is 1. The lowest BCUT2D eigenvalue weighted by Crippen LogP contribution is -2.46. The van der Waals surface area contributed by atoms with Gasteiger partial charge in [-0.05, 0) is 80.2 Å². The van der Waals surface area contributed by atoms with Crippen LogP contribution in [0.25, 0.3) is 17.2 Å². The fraction of sp³-hybridized carbons (Fsp3) is 0.462. The van der Waals surface area contributed by atoms with Crippen LogP contribution < -0.4 is 5.73 Å². The zero-order valence-electron chi connectivity index (χ0n) is 17.8. The topological polar surface area (TPSA) is 65.2 Å². The van der Waals surface area contributed by atoms with Gasteiger partial charge in [-0.15, -0.1) is 0 Å². The molecule has 1 aromatic heterocycles. The van der Waals surface area contributed by atoms with E-state index in [1.807, 2.05) is 25.1 Å². The van der Waals surface area contributed by atoms with Crippen molar-refractivity contribution in [2.75, 3.05) is 0 Å². The Morgan fingerprint density at radius 2 is 2.03 bits per heavy atom. The van der Waals surface area contributed by atoms with E-state index in [9.17, 15) is 9.18 Å². The van der Waals surface area contributed by atoms with Gasteiger partial charge in [0.05, 0.1) is 11.6 Å². The molecule has 31 heavy (non-hydrogen) atoms. The minimum Gasteiger partial charge on any atom is -0.462 e. The summed E-state index contributed by atoms with van der Waals surface area (Å²) in [6.07, 6.45) is 10.1. The summed E-state index contributed by atoms with van der Waals surface area (Å²) in [5.74, 6) is 1.23. The van der Waals surface area contributed by atoms with Crippen LogP contribution in [0.5, 0.6) is 0 Å². The Balaban J connectivity index is 1.40. The average molecular weight is 421 g/mol. The summed E-state index contributed by atoms with van der Waals surface area (Å²) in [5.41, 5.74) is 8.89. The third kappa shape index (κ3) is 3.91. The molecule has 0 bridgehead atoms. The van der Waals surface area contributed by atoms with E-state index in [-0.39, 0.29) is 41.7 Å². The molecule has 2 aliphatic carbocycles. The molecule has 2 aromatic rings. The molecule has 0 spiro atoms. The van der Waals surface area contributed by atoms with Crippen LogP contribution in [0.1, 0.15) is 38.3 Å². The van der Waals surface area contributed by atoms with E-state index in [2.05, 4.69) is 17.1 Å². The van der Waals surface area contributed by atoms with E-state index in [4.69, 9.17) is 10.5 Å². The van der Waals surface area contributed by atoms with Gasteiger partial charge in [0.15, 0.2) is 0 Å². The first-order valence-electron chi connectivity index (χ1n) is 11.4. The second-order valence-corrected chi connectivity index (χ2v) is 9.48. The van der Waals surface area contributed by atoms with Gasteiger partial charge in [0.1, 0.15) is 11.9 Å². The maximum absolute atomic E-state index is 13.5. The van der Waals surface area contributed by atoms with Crippen molar-refractivity contribution in [1.29, 1.82) is 0 Å². The van der Waals surface area contributed by atoms with Crippen molar-refractivity contribution < 1.29 is 13.9 Å². The van der Waals surface area contributed by atoms with Crippen LogP contribution in [0, 0.1) is 35.4 Å². The number of fused-ring (bicyclic) bond motifs is 2. The molecule has 5 heteroatoms. The first kappa shape index (κ1) is 20.4. The van der Waals surface area contributed by atoms with Gasteiger partial charge in [0.25, 0.3) is 0 Å². The number of cyclic esters (lactones) is 1. The van der Waals surface area contributed by atoms with Gasteiger partial charge in [0.2, 0.25) is 0 Å². The number of esters is 1. The summed E-state index contributed by atoms with van der Waals surface area (Å²) in [4.78, 5) is 17.0. The molecule has 1 aliphatic heterocycles. The Morgan fingerprint density at radius 1 is 1.16 bits per heavy atom. The number of hydrogen-bond donors (Lipinski definition) is 1. The number of halogens is 1. The van der Waals surface area contributed by atoms with E-state index in [0.29, 0.717) is 11.8 Å². The Bertz CT molecular complexity index is 989. The molecule has 2 saturated carbocycles. The zero-order valence-corrected chi connectivity index (χ0v) is 17.8. The summed E-state index contributed by atoms with van der Waals surface area (Å²) in [6.45, 7) is 2.03. The molecule has 2 N–H and O–H groups in total. The van der Waals surface area contributed by atoms with Gasteiger partial charge in [-0.1, -0.05) is 24.3 Å². The average Bonchev–Trinajstić information content (AvgIpc) is 3.05. The molecule has 4 nitrogen and oxygen atoms in total. The number of aromatic nitrogens is 1. The largest absolute Gasteiger partial charge is 0.462 e. The fourth-order valence-electron chi connectivity index (χ4n) is 6.17. The number of ether oxygens (including phenoxy) is 1. The van der Waals surface area contributed by atoms with Crippen LogP contribution in [-0.4, -0.2) is 23.1 Å². The van der Waals surface area contributed by atoms with Crippen molar-refractivity contribution in [3.63, 3.8) is 0 Å². The van der Waals surface area contributed by atoms with Gasteiger partial charge in [0, 0.05) is 23.7 Å². The lowest BCUT2D eigenvalue weighted by Gasteiger charge is -2.47. The molecule has 7 atom stereocenters. The molecular weight excluding hydrogens is 391 g/mol. The van der Waals surface area contributed by atoms with E-state index >= 15 is 0 Å². The summed E-state index contributed by atoms with van der Waals surface area (Å²) < 4.78 is 19.2. The number of nitrogens with zero attached hydrogens (tertiary/aromatic N) is 1. The highest BCUT2D eigenvalue weighted by Crippen LogP contribution is 2.53. The van der Waals surface area contributed by atoms with E-state index < -0.39 is 0 Å². The third-order valence-corrected chi connectivity index (χ3v) is 7.63. The lowest BCUT2D eigenvalue weighted by atomic mass is 9.57. The predicted molar refractivity (Wildman–Crippen MR) is 118 cm³/mol. The number of allylic oxidation sites excluding steroid dienone is 1. The van der Waals surface area contributed by atoms with Crippen molar-refractivity contribution in [1.82, 2.24) is 4.98 Å². The quantitative estimate of drug-likeness (QED) is 0.722. The number of hydrogen-bond acceptors (Lipinski definition) is 4. The normalized spacial score (nSPS) is 34.9. The predicted octanol–water partition coefficient (Wildman–Crippen LogP) is 4.84. The molecule has 162 valence electrons. The Hall–Kier alpha value is -2.53. The van der Waals surface area contributed by atoms with Crippen molar-refractivity contribution in [3.05, 3.63) is 60.2 Å². The first-order chi connectivity index (χ1) is 15.0. The van der Waals surface area contributed by atoms with Gasteiger partial charge < -0.3 is 10.5 Å². The van der Waals surface area contributed by atoms with Gasteiger partial charge in [-0.2, -0.15) is 0 Å². The molecule has 1 saturated heterocycles. The van der Waals surface area contributed by atoms with Crippen LogP contribution in [0.2, 0.25) is 0 Å². The van der Waals surface area contributed by atoms with Gasteiger partial charge >= 0.3 is 5.97 Å². The van der Waals surface area contributed by atoms with E-state index in [1.165, 1.54) is 12.1 Å². The van der Waals surface area contributed by atoms with Gasteiger partial charge in [-0.3, -0.25) is 9.78 Å². The monoisotopic (exact) mass is 420 g/mol. The smallest absolute Gasteiger partial charge is 0.309 e. The van der Waals surface area contributed by atoms with Crippen molar-refractivity contribution in [3.8, 4) is 11.1 Å². The highest BCUT2D eigenvalue weighted by Gasteiger charge is 2.54. The SMILES string of the molecule is C[C@H]1OC(=O)[C@@H]2C[C@@H]3CC[C@H](N)C[C@H]3[C@H](C=Cc3ccc(-c4cccc(F)c4)cn3)[C@H]12. The zero-order chi connectivity index (χ0) is 21.5. The van der Waals surface area contributed by atoms with Crippen LogP contribution in [0.3, 0.4) is 0 Å². The van der Waals surface area contributed by atoms with E-state index in [0.717, 1.165) is 42.5 Å². The minimum absolute atomic E-state index is 0.00327. The maximum Gasteiger partial charge on any atom is 0.309 e. The lowest BCUT2D eigenvalue weighted by molar-refractivity contribution is -0.144. The summed E-state index contributed by atoms with van der Waals surface area (Å²) in [7, 11) is 0. The summed E-state index contributed by atoms with van der Waals surface area (Å²) >= 11 is 0. The maximum atomic E-state index is 13.5. The van der Waals surface area contributed by atoms with E-state index in [1.54, 1.807) is 12.3 Å². The molecule has 2 heterocycles. The minimum atomic E-state index is -0.254. The molecule has 0 radical (unpaired) electrons. The molecule has 3 aliphatic rings. The summed E-state index contributed by atoms with van der Waals surface area (Å²) in [5, 5.41) is 0. The van der Waals surface area contributed by atoms with Crippen LogP contribution >= 0.6 is 0 Å². The second kappa shape index (κ2) is 8.19.